The van der Waals surface area contributed by atoms with E-state index in [0.29, 0.717) is 25.2 Å². The lowest BCUT2D eigenvalue weighted by molar-refractivity contribution is -0.193. The fraction of sp³-hybridized carbons (Fsp3) is 0.538. The van der Waals surface area contributed by atoms with Gasteiger partial charge < -0.3 is 5.32 Å². The third-order valence-electron chi connectivity index (χ3n) is 3.31. The van der Waals surface area contributed by atoms with E-state index in [1.165, 1.54) is 4.90 Å². The first-order valence-corrected chi connectivity index (χ1v) is 6.08. The lowest BCUT2D eigenvalue weighted by Gasteiger charge is -2.40. The molecule has 5 heteroatoms. The third kappa shape index (κ3) is 2.84. The van der Waals surface area contributed by atoms with Gasteiger partial charge in [-0.05, 0) is 12.5 Å². The van der Waals surface area contributed by atoms with E-state index >= 15 is 0 Å². The molecule has 1 aliphatic heterocycles. The number of hydrogen-bond acceptors (Lipinski definition) is 2. The van der Waals surface area contributed by atoms with Crippen LogP contribution in [0.3, 0.4) is 0 Å². The van der Waals surface area contributed by atoms with Crippen LogP contribution in [0.2, 0.25) is 0 Å². The summed E-state index contributed by atoms with van der Waals surface area (Å²) in [5.74, 6) is 0. The molecule has 0 aromatic heterocycles. The highest BCUT2D eigenvalue weighted by Crippen LogP contribution is 2.38. The molecule has 2 rings (SSSR count). The lowest BCUT2D eigenvalue weighted by atomic mass is 10.0. The zero-order valence-corrected chi connectivity index (χ0v) is 10.2. The second-order valence-corrected chi connectivity index (χ2v) is 4.65. The maximum absolute atomic E-state index is 13.3. The van der Waals surface area contributed by atoms with E-state index in [4.69, 9.17) is 0 Å². The molecule has 2 atom stereocenters. The van der Waals surface area contributed by atoms with Crippen LogP contribution in [0.1, 0.15) is 18.5 Å². The van der Waals surface area contributed by atoms with Crippen LogP contribution in [0, 0.1) is 0 Å². The summed E-state index contributed by atoms with van der Waals surface area (Å²) in [5.41, 5.74) is 0.318. The smallest absolute Gasteiger partial charge is 0.314 e. The molecule has 2 nitrogen and oxygen atoms in total. The Morgan fingerprint density at radius 3 is 2.50 bits per heavy atom. The molecule has 1 saturated heterocycles. The van der Waals surface area contributed by atoms with Gasteiger partial charge in [-0.1, -0.05) is 30.3 Å². The summed E-state index contributed by atoms with van der Waals surface area (Å²) in [4.78, 5) is 1.53. The highest BCUT2D eigenvalue weighted by atomic mass is 19.4. The number of hydrogen-bond donors (Lipinski definition) is 1. The Bertz CT molecular complexity index is 378. The van der Waals surface area contributed by atoms with E-state index in [0.717, 1.165) is 0 Å². The number of nitrogens with zero attached hydrogens (tertiary/aromatic N) is 1. The van der Waals surface area contributed by atoms with Crippen LogP contribution < -0.4 is 5.32 Å². The van der Waals surface area contributed by atoms with Gasteiger partial charge in [0.1, 0.15) is 6.04 Å². The maximum atomic E-state index is 13.3. The highest BCUT2D eigenvalue weighted by molar-refractivity contribution is 5.21. The molecule has 0 saturated carbocycles. The Hall–Kier alpha value is -1.07. The van der Waals surface area contributed by atoms with E-state index in [1.807, 2.05) is 6.92 Å². The molecule has 0 aliphatic carbocycles. The summed E-state index contributed by atoms with van der Waals surface area (Å²) in [6, 6.07) is 6.51. The number of nitrogens with one attached hydrogen (secondary N) is 1. The molecular formula is C13H17F3N2. The van der Waals surface area contributed by atoms with Crippen LogP contribution in [-0.4, -0.2) is 36.8 Å². The maximum Gasteiger partial charge on any atom is 0.408 e. The third-order valence-corrected chi connectivity index (χ3v) is 3.31. The zero-order chi connectivity index (χ0) is 13.2. The molecule has 1 fully saturated rings. The molecule has 1 aromatic carbocycles. The number of piperazine rings is 1. The molecule has 0 radical (unpaired) electrons. The number of alkyl halides is 3. The van der Waals surface area contributed by atoms with Crippen molar-refractivity contribution in [2.24, 2.45) is 0 Å². The van der Waals surface area contributed by atoms with Gasteiger partial charge >= 0.3 is 6.18 Å². The van der Waals surface area contributed by atoms with Crippen LogP contribution in [0.4, 0.5) is 13.2 Å². The van der Waals surface area contributed by atoms with Crippen LogP contribution in [-0.2, 0) is 0 Å². The van der Waals surface area contributed by atoms with Crippen molar-refractivity contribution in [3.63, 3.8) is 0 Å². The van der Waals surface area contributed by atoms with Crippen molar-refractivity contribution in [1.29, 1.82) is 0 Å². The summed E-state index contributed by atoms with van der Waals surface area (Å²) in [5, 5.41) is 3.11. The van der Waals surface area contributed by atoms with Gasteiger partial charge in [0, 0.05) is 25.7 Å². The number of benzene rings is 1. The average Bonchev–Trinajstić information content (AvgIpc) is 2.32. The molecule has 18 heavy (non-hydrogen) atoms. The van der Waals surface area contributed by atoms with Gasteiger partial charge in [0.25, 0.3) is 0 Å². The SMILES string of the molecule is CC1CNCCN1C(c1ccccc1)C(F)(F)F. The van der Waals surface area contributed by atoms with Crippen LogP contribution in [0.25, 0.3) is 0 Å². The van der Waals surface area contributed by atoms with Crippen molar-refractivity contribution in [3.8, 4) is 0 Å². The molecule has 1 aliphatic rings. The van der Waals surface area contributed by atoms with Gasteiger partial charge in [0.15, 0.2) is 0 Å². The standard InChI is InChI=1S/C13H17F3N2/c1-10-9-17-7-8-18(10)12(13(14,15)16)11-5-3-2-4-6-11/h2-6,10,12,17H,7-9H2,1H3. The minimum Gasteiger partial charge on any atom is -0.314 e. The first kappa shape index (κ1) is 13.4. The quantitative estimate of drug-likeness (QED) is 0.877. The zero-order valence-electron chi connectivity index (χ0n) is 10.2. The van der Waals surface area contributed by atoms with Crippen LogP contribution in [0.5, 0.6) is 0 Å². The van der Waals surface area contributed by atoms with E-state index in [-0.39, 0.29) is 6.04 Å². The number of rotatable bonds is 2. The van der Waals surface area contributed by atoms with Crippen molar-refractivity contribution in [3.05, 3.63) is 35.9 Å². The van der Waals surface area contributed by atoms with Gasteiger partial charge in [-0.25, -0.2) is 0 Å². The van der Waals surface area contributed by atoms with Crippen LogP contribution >= 0.6 is 0 Å². The van der Waals surface area contributed by atoms with E-state index in [2.05, 4.69) is 5.32 Å². The van der Waals surface area contributed by atoms with Crippen molar-refractivity contribution < 1.29 is 13.2 Å². The van der Waals surface area contributed by atoms with Crippen molar-refractivity contribution >= 4 is 0 Å². The van der Waals surface area contributed by atoms with Crippen molar-refractivity contribution in [2.45, 2.75) is 25.2 Å². The summed E-state index contributed by atoms with van der Waals surface area (Å²) < 4.78 is 39.9. The molecule has 1 heterocycles. The predicted molar refractivity (Wildman–Crippen MR) is 64.3 cm³/mol. The number of halogens is 3. The van der Waals surface area contributed by atoms with E-state index in [1.54, 1.807) is 30.3 Å². The summed E-state index contributed by atoms with van der Waals surface area (Å²) in [6.07, 6.45) is -4.24. The molecule has 2 unspecified atom stereocenters. The van der Waals surface area contributed by atoms with Gasteiger partial charge in [-0.2, -0.15) is 13.2 Å². The highest BCUT2D eigenvalue weighted by Gasteiger charge is 2.46. The first-order valence-electron chi connectivity index (χ1n) is 6.08. The Morgan fingerprint density at radius 2 is 1.94 bits per heavy atom. The predicted octanol–water partition coefficient (Wildman–Crippen LogP) is 2.58. The Kier molecular flexibility index (Phi) is 3.92. The van der Waals surface area contributed by atoms with Crippen molar-refractivity contribution in [1.82, 2.24) is 10.2 Å². The molecule has 1 N–H and O–H groups in total. The molecule has 0 spiro atoms. The van der Waals surface area contributed by atoms with E-state index in [9.17, 15) is 13.2 Å². The Morgan fingerprint density at radius 1 is 1.28 bits per heavy atom. The fourth-order valence-electron chi connectivity index (χ4n) is 2.44. The molecule has 0 amide bonds. The second-order valence-electron chi connectivity index (χ2n) is 4.65. The lowest BCUT2D eigenvalue weighted by Crippen LogP contribution is -2.54. The van der Waals surface area contributed by atoms with E-state index < -0.39 is 12.2 Å². The molecular weight excluding hydrogens is 241 g/mol. The molecule has 0 bridgehead atoms. The second kappa shape index (κ2) is 5.28. The average molecular weight is 258 g/mol. The minimum absolute atomic E-state index is 0.120. The van der Waals surface area contributed by atoms with Crippen LogP contribution in [0.15, 0.2) is 30.3 Å². The summed E-state index contributed by atoms with van der Waals surface area (Å²) in [6.45, 7) is 3.44. The normalized spacial score (nSPS) is 23.9. The van der Waals surface area contributed by atoms with Gasteiger partial charge in [-0.3, -0.25) is 4.90 Å². The topological polar surface area (TPSA) is 15.3 Å². The van der Waals surface area contributed by atoms with Crippen molar-refractivity contribution in [2.75, 3.05) is 19.6 Å². The van der Waals surface area contributed by atoms with Gasteiger partial charge in [0.2, 0.25) is 0 Å². The summed E-state index contributed by atoms with van der Waals surface area (Å²) in [7, 11) is 0. The molecule has 100 valence electrons. The summed E-state index contributed by atoms with van der Waals surface area (Å²) >= 11 is 0. The Balaban J connectivity index is 2.31. The first-order chi connectivity index (χ1) is 8.50. The monoisotopic (exact) mass is 258 g/mol. The van der Waals surface area contributed by atoms with Gasteiger partial charge in [-0.15, -0.1) is 0 Å². The van der Waals surface area contributed by atoms with Gasteiger partial charge in [0.05, 0.1) is 0 Å². The Labute approximate surface area is 105 Å². The fourth-order valence-corrected chi connectivity index (χ4v) is 2.44. The minimum atomic E-state index is -4.24. The molecule has 1 aromatic rings. The largest absolute Gasteiger partial charge is 0.408 e.